The van der Waals surface area contributed by atoms with Crippen molar-refractivity contribution in [2.45, 2.75) is 12.8 Å². The smallest absolute Gasteiger partial charge is 0.223 e. The minimum atomic E-state index is 0.204. The van der Waals surface area contributed by atoms with Crippen LogP contribution in [0.4, 0.5) is 0 Å². The molecule has 0 unspecified atom stereocenters. The summed E-state index contributed by atoms with van der Waals surface area (Å²) in [6.45, 7) is 3.84. The van der Waals surface area contributed by atoms with Crippen LogP contribution < -0.4 is 5.32 Å². The van der Waals surface area contributed by atoms with E-state index >= 15 is 0 Å². The molecule has 0 spiro atoms. The lowest BCUT2D eigenvalue weighted by Gasteiger charge is -2.23. The molecule has 1 N–H and O–H groups in total. The van der Waals surface area contributed by atoms with Gasteiger partial charge in [-0.2, -0.15) is 0 Å². The second-order valence-corrected chi connectivity index (χ2v) is 4.38. The third-order valence-electron chi connectivity index (χ3n) is 2.54. The van der Waals surface area contributed by atoms with Gasteiger partial charge in [-0.1, -0.05) is 0 Å². The van der Waals surface area contributed by atoms with E-state index < -0.39 is 0 Å². The van der Waals surface area contributed by atoms with Crippen molar-refractivity contribution in [2.75, 3.05) is 61.0 Å². The predicted octanol–water partition coefficient (Wildman–Crippen LogP) is 0.0226. The van der Waals surface area contributed by atoms with Crippen molar-refractivity contribution < 1.29 is 9.53 Å². The van der Waals surface area contributed by atoms with Crippen molar-refractivity contribution in [3.8, 4) is 0 Å². The molecule has 0 aromatic heterocycles. The van der Waals surface area contributed by atoms with Gasteiger partial charge in [-0.15, -0.1) is 0 Å². The minimum Gasteiger partial charge on any atom is -0.383 e. The first-order valence-corrected chi connectivity index (χ1v) is 6.17. The SMILES string of the molecule is CNCCC(=O)N(CCCN(C)C)CCOC. The number of amides is 1. The Labute approximate surface area is 105 Å². The average molecular weight is 245 g/mol. The lowest BCUT2D eigenvalue weighted by Crippen LogP contribution is -2.37. The van der Waals surface area contributed by atoms with Crippen LogP contribution in [0.1, 0.15) is 12.8 Å². The average Bonchev–Trinajstić information content (AvgIpc) is 2.30. The Morgan fingerprint density at radius 1 is 1.24 bits per heavy atom. The Balaban J connectivity index is 3.98. The topological polar surface area (TPSA) is 44.8 Å². The molecule has 1 amide bonds. The predicted molar refractivity (Wildman–Crippen MR) is 70.2 cm³/mol. The minimum absolute atomic E-state index is 0.204. The van der Waals surface area contributed by atoms with E-state index in [1.165, 1.54) is 0 Å². The van der Waals surface area contributed by atoms with Gasteiger partial charge in [0.2, 0.25) is 5.91 Å². The van der Waals surface area contributed by atoms with Crippen LogP contribution in [0.3, 0.4) is 0 Å². The van der Waals surface area contributed by atoms with E-state index in [0.717, 1.165) is 26.1 Å². The Morgan fingerprint density at radius 2 is 1.94 bits per heavy atom. The Kier molecular flexibility index (Phi) is 10.1. The summed E-state index contributed by atoms with van der Waals surface area (Å²) in [5, 5.41) is 3.00. The first kappa shape index (κ1) is 16.4. The number of hydrogen-bond donors (Lipinski definition) is 1. The molecule has 0 aliphatic rings. The number of nitrogens with zero attached hydrogens (tertiary/aromatic N) is 2. The number of rotatable bonds is 10. The van der Waals surface area contributed by atoms with Crippen molar-refractivity contribution in [3.63, 3.8) is 0 Å². The largest absolute Gasteiger partial charge is 0.383 e. The highest BCUT2D eigenvalue weighted by Gasteiger charge is 2.12. The zero-order chi connectivity index (χ0) is 13.1. The van der Waals surface area contributed by atoms with Crippen LogP contribution >= 0.6 is 0 Å². The molecule has 0 rings (SSSR count). The molecule has 102 valence electrons. The third-order valence-corrected chi connectivity index (χ3v) is 2.54. The summed E-state index contributed by atoms with van der Waals surface area (Å²) in [6, 6.07) is 0. The maximum Gasteiger partial charge on any atom is 0.223 e. The fourth-order valence-corrected chi connectivity index (χ4v) is 1.53. The summed E-state index contributed by atoms with van der Waals surface area (Å²) in [6.07, 6.45) is 1.56. The molecular formula is C12H27N3O2. The molecule has 5 nitrogen and oxygen atoms in total. The summed E-state index contributed by atoms with van der Waals surface area (Å²) in [5.41, 5.74) is 0. The van der Waals surface area contributed by atoms with Crippen LogP contribution in [0.25, 0.3) is 0 Å². The van der Waals surface area contributed by atoms with Gasteiger partial charge in [-0.25, -0.2) is 0 Å². The fraction of sp³-hybridized carbons (Fsp3) is 0.917. The van der Waals surface area contributed by atoms with Crippen molar-refractivity contribution in [1.29, 1.82) is 0 Å². The Hall–Kier alpha value is -0.650. The van der Waals surface area contributed by atoms with Crippen LogP contribution in [-0.4, -0.2) is 76.7 Å². The van der Waals surface area contributed by atoms with Crippen LogP contribution in [0, 0.1) is 0 Å². The number of nitrogens with one attached hydrogen (secondary N) is 1. The monoisotopic (exact) mass is 245 g/mol. The molecule has 0 aromatic rings. The summed E-state index contributed by atoms with van der Waals surface area (Å²) >= 11 is 0. The molecule has 0 atom stereocenters. The van der Waals surface area contributed by atoms with E-state index in [1.54, 1.807) is 7.11 Å². The zero-order valence-corrected chi connectivity index (χ0v) is 11.7. The van der Waals surface area contributed by atoms with Crippen LogP contribution in [0.15, 0.2) is 0 Å². The van der Waals surface area contributed by atoms with E-state index in [-0.39, 0.29) is 5.91 Å². The zero-order valence-electron chi connectivity index (χ0n) is 11.7. The summed E-state index contributed by atoms with van der Waals surface area (Å²) < 4.78 is 5.03. The van der Waals surface area contributed by atoms with Crippen molar-refractivity contribution >= 4 is 5.91 Å². The number of carbonyl (C=O) groups excluding carboxylic acids is 1. The third kappa shape index (κ3) is 9.09. The van der Waals surface area contributed by atoms with Gasteiger partial charge in [0.1, 0.15) is 0 Å². The molecule has 0 aliphatic heterocycles. The molecular weight excluding hydrogens is 218 g/mol. The second-order valence-electron chi connectivity index (χ2n) is 4.38. The molecule has 0 aromatic carbocycles. The van der Waals surface area contributed by atoms with Gasteiger partial charge in [0, 0.05) is 33.2 Å². The van der Waals surface area contributed by atoms with E-state index in [9.17, 15) is 4.79 Å². The molecule has 0 bridgehead atoms. The lowest BCUT2D eigenvalue weighted by atomic mass is 10.3. The Morgan fingerprint density at radius 3 is 2.47 bits per heavy atom. The molecule has 0 aliphatic carbocycles. The number of hydrogen-bond acceptors (Lipinski definition) is 4. The Bertz CT molecular complexity index is 198. The molecule has 0 heterocycles. The van der Waals surface area contributed by atoms with Gasteiger partial charge in [0.05, 0.1) is 6.61 Å². The quantitative estimate of drug-likeness (QED) is 0.589. The van der Waals surface area contributed by atoms with Gasteiger partial charge in [-0.05, 0) is 34.1 Å². The lowest BCUT2D eigenvalue weighted by molar-refractivity contribution is -0.131. The highest BCUT2D eigenvalue weighted by atomic mass is 16.5. The van der Waals surface area contributed by atoms with Gasteiger partial charge >= 0.3 is 0 Å². The first-order valence-electron chi connectivity index (χ1n) is 6.17. The van der Waals surface area contributed by atoms with E-state index in [0.29, 0.717) is 19.6 Å². The van der Waals surface area contributed by atoms with Gasteiger partial charge in [0.15, 0.2) is 0 Å². The molecule has 0 saturated heterocycles. The van der Waals surface area contributed by atoms with Crippen molar-refractivity contribution in [1.82, 2.24) is 15.1 Å². The number of ether oxygens (including phenoxy) is 1. The highest BCUT2D eigenvalue weighted by molar-refractivity contribution is 5.76. The van der Waals surface area contributed by atoms with E-state index in [2.05, 4.69) is 10.2 Å². The number of methoxy groups -OCH3 is 1. The standard InChI is InChI=1S/C12H27N3O2/c1-13-7-6-12(16)15(10-11-17-4)9-5-8-14(2)3/h13H,5-11H2,1-4H3. The summed E-state index contributed by atoms with van der Waals surface area (Å²) in [5.74, 6) is 0.204. The molecule has 17 heavy (non-hydrogen) atoms. The van der Waals surface area contributed by atoms with Crippen molar-refractivity contribution in [2.24, 2.45) is 0 Å². The molecule has 0 radical (unpaired) electrons. The van der Waals surface area contributed by atoms with Gasteiger partial charge < -0.3 is 19.9 Å². The van der Waals surface area contributed by atoms with Crippen LogP contribution in [-0.2, 0) is 9.53 Å². The summed E-state index contributed by atoms with van der Waals surface area (Å²) in [7, 11) is 7.61. The molecule has 0 saturated carbocycles. The van der Waals surface area contributed by atoms with Gasteiger partial charge in [0.25, 0.3) is 0 Å². The van der Waals surface area contributed by atoms with E-state index in [4.69, 9.17) is 4.74 Å². The maximum atomic E-state index is 11.9. The fourth-order valence-electron chi connectivity index (χ4n) is 1.53. The van der Waals surface area contributed by atoms with Crippen LogP contribution in [0.2, 0.25) is 0 Å². The van der Waals surface area contributed by atoms with Crippen LogP contribution in [0.5, 0.6) is 0 Å². The van der Waals surface area contributed by atoms with Crippen molar-refractivity contribution in [3.05, 3.63) is 0 Å². The molecule has 5 heteroatoms. The maximum absolute atomic E-state index is 11.9. The van der Waals surface area contributed by atoms with E-state index in [1.807, 2.05) is 26.0 Å². The normalized spacial score (nSPS) is 10.9. The molecule has 0 fully saturated rings. The summed E-state index contributed by atoms with van der Waals surface area (Å²) in [4.78, 5) is 15.9. The first-order chi connectivity index (χ1) is 8.11. The van der Waals surface area contributed by atoms with Gasteiger partial charge in [-0.3, -0.25) is 4.79 Å². The second kappa shape index (κ2) is 10.5. The number of carbonyl (C=O) groups is 1. The highest BCUT2D eigenvalue weighted by Crippen LogP contribution is 1.97.